The fourth-order valence-electron chi connectivity index (χ4n) is 3.70. The van der Waals surface area contributed by atoms with Crippen LogP contribution in [-0.4, -0.2) is 48.3 Å². The molecule has 1 amide bonds. The third-order valence-electron chi connectivity index (χ3n) is 5.72. The van der Waals surface area contributed by atoms with E-state index in [2.05, 4.69) is 10.3 Å². The first-order valence-electron chi connectivity index (χ1n) is 12.1. The van der Waals surface area contributed by atoms with Crippen LogP contribution < -0.4 is 19.5 Å². The third-order valence-corrected chi connectivity index (χ3v) is 5.72. The summed E-state index contributed by atoms with van der Waals surface area (Å²) in [5, 5.41) is 12.4. The van der Waals surface area contributed by atoms with Crippen molar-refractivity contribution in [3.8, 4) is 28.5 Å². The number of rotatable bonds is 12. The van der Waals surface area contributed by atoms with Gasteiger partial charge in [0.15, 0.2) is 6.10 Å². The number of ether oxygens (including phenoxy) is 3. The van der Waals surface area contributed by atoms with Crippen molar-refractivity contribution in [2.75, 3.05) is 20.3 Å². The number of carbonyl (C=O) groups is 2. The second-order valence-corrected chi connectivity index (χ2v) is 8.37. The van der Waals surface area contributed by atoms with Gasteiger partial charge >= 0.3 is 5.97 Å². The Balaban J connectivity index is 1.22. The number of carbonyl (C=O) groups excluding carboxylic acids is 1. The number of aliphatic carboxylic acids is 1. The monoisotopic (exact) mass is 512 g/mol. The number of nitrogens with zero attached hydrogens (tertiary/aromatic N) is 1. The molecule has 1 heterocycles. The summed E-state index contributed by atoms with van der Waals surface area (Å²) >= 11 is 0. The number of carboxylic acid groups (broad SMARTS) is 1. The molecule has 0 saturated carbocycles. The molecule has 1 unspecified atom stereocenters. The first-order valence-corrected chi connectivity index (χ1v) is 12.1. The molecule has 0 aliphatic carbocycles. The zero-order chi connectivity index (χ0) is 26.7. The molecule has 38 heavy (non-hydrogen) atoms. The SMILES string of the molecule is COc1ccc(OC(Cc2ccc(OCCNC(=O)c3ccc(-c4ccccn4)cc3)cc2)C(=O)O)cc1. The Morgan fingerprint density at radius 3 is 2.18 bits per heavy atom. The predicted molar refractivity (Wildman–Crippen MR) is 143 cm³/mol. The van der Waals surface area contributed by atoms with Crippen LogP contribution in [0, 0.1) is 0 Å². The molecular weight excluding hydrogens is 484 g/mol. The number of aromatic nitrogens is 1. The molecule has 1 aromatic heterocycles. The van der Waals surface area contributed by atoms with Gasteiger partial charge in [-0.3, -0.25) is 9.78 Å². The minimum absolute atomic E-state index is 0.187. The number of hydrogen-bond donors (Lipinski definition) is 2. The van der Waals surface area contributed by atoms with E-state index in [-0.39, 0.29) is 18.9 Å². The molecule has 4 rings (SSSR count). The number of pyridine rings is 1. The Hall–Kier alpha value is -4.85. The lowest BCUT2D eigenvalue weighted by Crippen LogP contribution is -2.29. The summed E-state index contributed by atoms with van der Waals surface area (Å²) < 4.78 is 16.5. The van der Waals surface area contributed by atoms with Crippen molar-refractivity contribution in [3.63, 3.8) is 0 Å². The highest BCUT2D eigenvalue weighted by Crippen LogP contribution is 2.21. The Morgan fingerprint density at radius 1 is 0.868 bits per heavy atom. The zero-order valence-electron chi connectivity index (χ0n) is 20.9. The molecule has 4 aromatic rings. The Morgan fingerprint density at radius 2 is 1.55 bits per heavy atom. The summed E-state index contributed by atoms with van der Waals surface area (Å²) in [5.41, 5.74) is 3.14. The average molecular weight is 513 g/mol. The molecule has 0 radical (unpaired) electrons. The van der Waals surface area contributed by atoms with E-state index in [1.165, 1.54) is 0 Å². The number of amides is 1. The van der Waals surface area contributed by atoms with E-state index in [9.17, 15) is 14.7 Å². The van der Waals surface area contributed by atoms with Crippen molar-refractivity contribution < 1.29 is 28.9 Å². The van der Waals surface area contributed by atoms with Gasteiger partial charge in [0.25, 0.3) is 5.91 Å². The lowest BCUT2D eigenvalue weighted by atomic mass is 10.1. The van der Waals surface area contributed by atoms with Gasteiger partial charge in [0, 0.05) is 23.7 Å². The molecule has 194 valence electrons. The summed E-state index contributed by atoms with van der Waals surface area (Å²) in [7, 11) is 1.56. The lowest BCUT2D eigenvalue weighted by molar-refractivity contribution is -0.145. The molecule has 2 N–H and O–H groups in total. The van der Waals surface area contributed by atoms with E-state index in [4.69, 9.17) is 14.2 Å². The van der Waals surface area contributed by atoms with Crippen molar-refractivity contribution >= 4 is 11.9 Å². The molecule has 3 aromatic carbocycles. The molecule has 0 aliphatic rings. The molecule has 0 fully saturated rings. The number of methoxy groups -OCH3 is 1. The maximum absolute atomic E-state index is 12.4. The van der Waals surface area contributed by atoms with Crippen LogP contribution in [-0.2, 0) is 11.2 Å². The lowest BCUT2D eigenvalue weighted by Gasteiger charge is -2.16. The Kier molecular flexibility index (Phi) is 8.91. The summed E-state index contributed by atoms with van der Waals surface area (Å²) in [6.45, 7) is 0.620. The van der Waals surface area contributed by atoms with Gasteiger partial charge in [0.1, 0.15) is 23.9 Å². The van der Waals surface area contributed by atoms with Crippen LogP contribution >= 0.6 is 0 Å². The number of benzene rings is 3. The van der Waals surface area contributed by atoms with Gasteiger partial charge in [0.2, 0.25) is 0 Å². The van der Waals surface area contributed by atoms with Gasteiger partial charge < -0.3 is 24.6 Å². The average Bonchev–Trinajstić information content (AvgIpc) is 2.96. The van der Waals surface area contributed by atoms with E-state index in [0.717, 1.165) is 16.8 Å². The fourth-order valence-corrected chi connectivity index (χ4v) is 3.70. The van der Waals surface area contributed by atoms with Crippen molar-refractivity contribution in [1.82, 2.24) is 10.3 Å². The summed E-state index contributed by atoms with van der Waals surface area (Å²) in [6, 6.07) is 26.8. The summed E-state index contributed by atoms with van der Waals surface area (Å²) in [6.07, 6.45) is 0.884. The van der Waals surface area contributed by atoms with E-state index in [0.29, 0.717) is 29.4 Å². The standard InChI is InChI=1S/C30H28N2O6/c1-36-24-13-15-26(16-14-24)38-28(30(34)35)20-21-5-11-25(12-6-21)37-19-18-32-29(33)23-9-7-22(8-10-23)27-4-2-3-17-31-27/h2-17,28H,18-20H2,1H3,(H,32,33)(H,34,35). The van der Waals surface area contributed by atoms with Crippen LogP contribution in [0.25, 0.3) is 11.3 Å². The maximum Gasteiger partial charge on any atom is 0.345 e. The Bertz CT molecular complexity index is 1320. The van der Waals surface area contributed by atoms with E-state index >= 15 is 0 Å². The molecule has 0 bridgehead atoms. The van der Waals surface area contributed by atoms with Crippen molar-refractivity contribution in [2.24, 2.45) is 0 Å². The normalized spacial score (nSPS) is 11.3. The number of hydrogen-bond acceptors (Lipinski definition) is 6. The summed E-state index contributed by atoms with van der Waals surface area (Å²) in [5.74, 6) is 0.487. The fraction of sp³-hybridized carbons (Fsp3) is 0.167. The van der Waals surface area contributed by atoms with Crippen LogP contribution in [0.2, 0.25) is 0 Å². The second kappa shape index (κ2) is 12.9. The van der Waals surface area contributed by atoms with Crippen LogP contribution in [0.1, 0.15) is 15.9 Å². The molecule has 0 saturated heterocycles. The van der Waals surface area contributed by atoms with Gasteiger partial charge in [-0.2, -0.15) is 0 Å². The van der Waals surface area contributed by atoms with Crippen molar-refractivity contribution in [1.29, 1.82) is 0 Å². The topological polar surface area (TPSA) is 107 Å². The maximum atomic E-state index is 12.4. The third kappa shape index (κ3) is 7.33. The highest BCUT2D eigenvalue weighted by atomic mass is 16.5. The quantitative estimate of drug-likeness (QED) is 0.266. The first kappa shape index (κ1) is 26.2. The minimum Gasteiger partial charge on any atom is -0.497 e. The zero-order valence-corrected chi connectivity index (χ0v) is 20.9. The first-order chi connectivity index (χ1) is 18.5. The van der Waals surface area contributed by atoms with Gasteiger partial charge in [0.05, 0.1) is 19.3 Å². The largest absolute Gasteiger partial charge is 0.497 e. The smallest absolute Gasteiger partial charge is 0.345 e. The predicted octanol–water partition coefficient (Wildman–Crippen LogP) is 4.64. The van der Waals surface area contributed by atoms with Crippen LogP contribution in [0.3, 0.4) is 0 Å². The number of carboxylic acids is 1. The van der Waals surface area contributed by atoms with Crippen LogP contribution in [0.5, 0.6) is 17.2 Å². The van der Waals surface area contributed by atoms with E-state index in [1.807, 2.05) is 30.3 Å². The second-order valence-electron chi connectivity index (χ2n) is 8.37. The van der Waals surface area contributed by atoms with Crippen molar-refractivity contribution in [3.05, 3.63) is 108 Å². The number of nitrogens with one attached hydrogen (secondary N) is 1. The molecule has 1 atom stereocenters. The van der Waals surface area contributed by atoms with E-state index in [1.54, 1.807) is 74.0 Å². The van der Waals surface area contributed by atoms with Gasteiger partial charge in [-0.1, -0.05) is 30.3 Å². The highest BCUT2D eigenvalue weighted by molar-refractivity contribution is 5.94. The van der Waals surface area contributed by atoms with Crippen molar-refractivity contribution in [2.45, 2.75) is 12.5 Å². The molecule has 0 spiro atoms. The van der Waals surface area contributed by atoms with Gasteiger partial charge in [-0.05, 0) is 66.2 Å². The Labute approximate surface area is 220 Å². The van der Waals surface area contributed by atoms with E-state index < -0.39 is 12.1 Å². The molecule has 0 aliphatic heterocycles. The van der Waals surface area contributed by atoms with Crippen LogP contribution in [0.15, 0.2) is 97.2 Å². The molecule has 8 heteroatoms. The molecule has 8 nitrogen and oxygen atoms in total. The van der Waals surface area contributed by atoms with Crippen LogP contribution in [0.4, 0.5) is 0 Å². The summed E-state index contributed by atoms with van der Waals surface area (Å²) in [4.78, 5) is 28.4. The highest BCUT2D eigenvalue weighted by Gasteiger charge is 2.20. The molecular formula is C30H28N2O6. The van der Waals surface area contributed by atoms with Gasteiger partial charge in [-0.25, -0.2) is 4.79 Å². The van der Waals surface area contributed by atoms with Gasteiger partial charge in [-0.15, -0.1) is 0 Å². The minimum atomic E-state index is -1.05.